The number of hydrogen-bond acceptors (Lipinski definition) is 3. The van der Waals surface area contributed by atoms with Crippen molar-refractivity contribution >= 4 is 60.4 Å². The molecule has 92 valence electrons. The summed E-state index contributed by atoms with van der Waals surface area (Å²) in [6.45, 7) is 0. The van der Waals surface area contributed by atoms with Crippen molar-refractivity contribution in [2.24, 2.45) is 5.73 Å². The summed E-state index contributed by atoms with van der Waals surface area (Å²) >= 11 is 11.8. The number of nitrogens with two attached hydrogens (primary N) is 1. The van der Waals surface area contributed by atoms with Gasteiger partial charge in [-0.05, 0) is 46.3 Å². The molecule has 1 aromatic heterocycles. The maximum Gasteiger partial charge on any atom is 0.122 e. The van der Waals surface area contributed by atoms with Crippen LogP contribution in [0.1, 0.15) is 5.69 Å². The molecule has 0 aliphatic rings. The van der Waals surface area contributed by atoms with Crippen LogP contribution in [0, 0.1) is 0 Å². The Morgan fingerprint density at radius 3 is 2.61 bits per heavy atom. The first-order valence-corrected chi connectivity index (χ1v) is 7.03. The lowest BCUT2D eigenvalue weighted by Crippen LogP contribution is -2.11. The van der Waals surface area contributed by atoms with Gasteiger partial charge in [0.25, 0.3) is 0 Å². The van der Waals surface area contributed by atoms with Gasteiger partial charge >= 0.3 is 0 Å². The Balaban J connectivity index is 2.23. The van der Waals surface area contributed by atoms with Gasteiger partial charge in [0, 0.05) is 8.95 Å². The Morgan fingerprint density at radius 2 is 2.00 bits per heavy atom. The second-order valence-electron chi connectivity index (χ2n) is 3.55. The lowest BCUT2D eigenvalue weighted by molar-refractivity contribution is 1.29. The van der Waals surface area contributed by atoms with Crippen LogP contribution in [0.2, 0.25) is 0 Å². The minimum atomic E-state index is 0.296. The van der Waals surface area contributed by atoms with Gasteiger partial charge in [0.2, 0.25) is 0 Å². The first kappa shape index (κ1) is 13.5. The smallest absolute Gasteiger partial charge is 0.122 e. The topological polar surface area (TPSA) is 50.9 Å². The van der Waals surface area contributed by atoms with E-state index in [0.29, 0.717) is 10.7 Å². The molecule has 1 aromatic carbocycles. The fraction of sp³-hybridized carbons (Fsp3) is 0. The molecule has 0 saturated carbocycles. The van der Waals surface area contributed by atoms with Crippen molar-refractivity contribution in [3.8, 4) is 0 Å². The molecule has 0 fully saturated rings. The van der Waals surface area contributed by atoms with E-state index in [-0.39, 0.29) is 0 Å². The molecule has 18 heavy (non-hydrogen) atoms. The monoisotopic (exact) mass is 385 g/mol. The van der Waals surface area contributed by atoms with E-state index in [0.717, 1.165) is 20.3 Å². The largest absolute Gasteiger partial charge is 0.388 e. The highest BCUT2D eigenvalue weighted by Gasteiger charge is 2.03. The average molecular weight is 387 g/mol. The van der Waals surface area contributed by atoms with Gasteiger partial charge in [0.15, 0.2) is 0 Å². The Hall–Kier alpha value is -0.980. The van der Waals surface area contributed by atoms with E-state index in [1.165, 1.54) is 0 Å². The zero-order chi connectivity index (χ0) is 13.1. The number of nitrogens with zero attached hydrogens (tertiary/aromatic N) is 1. The molecule has 0 aliphatic heterocycles. The molecule has 3 N–H and O–H groups in total. The number of nitrogens with one attached hydrogen (secondary N) is 1. The molecule has 0 bridgehead atoms. The molecule has 1 heterocycles. The number of benzene rings is 1. The SMILES string of the molecule is NC(=S)c1ccc(Nc2cc(Br)ccc2Br)cn1. The van der Waals surface area contributed by atoms with E-state index in [9.17, 15) is 0 Å². The van der Waals surface area contributed by atoms with Gasteiger partial charge in [-0.1, -0.05) is 28.1 Å². The van der Waals surface area contributed by atoms with Crippen LogP contribution in [0.5, 0.6) is 0 Å². The molecule has 0 unspecified atom stereocenters. The van der Waals surface area contributed by atoms with Crippen molar-refractivity contribution in [2.45, 2.75) is 0 Å². The number of hydrogen-bond donors (Lipinski definition) is 2. The molecule has 0 atom stereocenters. The molecule has 0 spiro atoms. The van der Waals surface area contributed by atoms with Crippen LogP contribution in [0.15, 0.2) is 45.5 Å². The second kappa shape index (κ2) is 5.77. The molecule has 0 amide bonds. The van der Waals surface area contributed by atoms with Gasteiger partial charge < -0.3 is 11.1 Å². The lowest BCUT2D eigenvalue weighted by atomic mass is 10.3. The average Bonchev–Trinajstić information content (AvgIpc) is 2.34. The van der Waals surface area contributed by atoms with Gasteiger partial charge in [0.05, 0.1) is 23.3 Å². The fourth-order valence-electron chi connectivity index (χ4n) is 1.36. The number of anilines is 2. The molecule has 3 nitrogen and oxygen atoms in total. The molecule has 0 radical (unpaired) electrons. The highest BCUT2D eigenvalue weighted by molar-refractivity contribution is 9.11. The predicted molar refractivity (Wildman–Crippen MR) is 85.2 cm³/mol. The summed E-state index contributed by atoms with van der Waals surface area (Å²) in [4.78, 5) is 4.47. The van der Waals surface area contributed by atoms with Gasteiger partial charge in [-0.2, -0.15) is 0 Å². The Kier molecular flexibility index (Phi) is 4.31. The van der Waals surface area contributed by atoms with Crippen molar-refractivity contribution in [1.82, 2.24) is 4.98 Å². The first-order valence-electron chi connectivity index (χ1n) is 5.04. The molecule has 0 aliphatic carbocycles. The normalized spacial score (nSPS) is 10.1. The lowest BCUT2D eigenvalue weighted by Gasteiger charge is -2.09. The number of halogens is 2. The van der Waals surface area contributed by atoms with Crippen molar-refractivity contribution in [3.05, 3.63) is 51.2 Å². The van der Waals surface area contributed by atoms with Crippen LogP contribution in [0.3, 0.4) is 0 Å². The second-order valence-corrected chi connectivity index (χ2v) is 5.76. The van der Waals surface area contributed by atoms with Crippen molar-refractivity contribution in [3.63, 3.8) is 0 Å². The summed E-state index contributed by atoms with van der Waals surface area (Å²) in [5.74, 6) is 0. The first-order chi connectivity index (χ1) is 8.56. The summed E-state index contributed by atoms with van der Waals surface area (Å²) < 4.78 is 1.98. The standard InChI is InChI=1S/C12H9Br2N3S/c13-7-1-3-9(14)11(5-7)17-8-2-4-10(12(15)18)16-6-8/h1-6,17H,(H2,15,18). The highest BCUT2D eigenvalue weighted by atomic mass is 79.9. The van der Waals surface area contributed by atoms with Crippen LogP contribution < -0.4 is 11.1 Å². The van der Waals surface area contributed by atoms with Crippen LogP contribution >= 0.6 is 44.1 Å². The predicted octanol–water partition coefficient (Wildman–Crippen LogP) is 3.98. The molecule has 2 aromatic rings. The van der Waals surface area contributed by atoms with Crippen LogP contribution in [0.25, 0.3) is 0 Å². The summed E-state index contributed by atoms with van der Waals surface area (Å²) in [7, 11) is 0. The van der Waals surface area contributed by atoms with Crippen LogP contribution in [-0.2, 0) is 0 Å². The van der Waals surface area contributed by atoms with Crippen molar-refractivity contribution < 1.29 is 0 Å². The maximum absolute atomic E-state index is 5.50. The summed E-state index contributed by atoms with van der Waals surface area (Å²) in [6.07, 6.45) is 1.70. The van der Waals surface area contributed by atoms with E-state index >= 15 is 0 Å². The maximum atomic E-state index is 5.50. The summed E-state index contributed by atoms with van der Waals surface area (Å²) in [5.41, 5.74) is 7.93. The number of rotatable bonds is 3. The minimum Gasteiger partial charge on any atom is -0.388 e. The van der Waals surface area contributed by atoms with Crippen LogP contribution in [0.4, 0.5) is 11.4 Å². The van der Waals surface area contributed by atoms with Gasteiger partial charge in [-0.25, -0.2) is 0 Å². The quantitative estimate of drug-likeness (QED) is 0.783. The zero-order valence-corrected chi connectivity index (χ0v) is 13.1. The Labute approximate surface area is 127 Å². The van der Waals surface area contributed by atoms with Crippen molar-refractivity contribution in [2.75, 3.05) is 5.32 Å². The highest BCUT2D eigenvalue weighted by Crippen LogP contribution is 2.28. The molecular weight excluding hydrogens is 378 g/mol. The molecular formula is C12H9Br2N3S. The van der Waals surface area contributed by atoms with E-state index in [2.05, 4.69) is 42.2 Å². The number of thiocarbonyl (C=S) groups is 1. The van der Waals surface area contributed by atoms with Gasteiger partial charge in [0.1, 0.15) is 4.99 Å². The molecule has 0 saturated heterocycles. The third kappa shape index (κ3) is 3.28. The van der Waals surface area contributed by atoms with E-state index in [1.807, 2.05) is 24.3 Å². The Morgan fingerprint density at radius 1 is 1.22 bits per heavy atom. The molecule has 6 heteroatoms. The van der Waals surface area contributed by atoms with E-state index in [4.69, 9.17) is 18.0 Å². The zero-order valence-electron chi connectivity index (χ0n) is 9.15. The van der Waals surface area contributed by atoms with Gasteiger partial charge in [-0.15, -0.1) is 0 Å². The summed E-state index contributed by atoms with van der Waals surface area (Å²) in [6, 6.07) is 9.57. The van der Waals surface area contributed by atoms with Crippen molar-refractivity contribution in [1.29, 1.82) is 0 Å². The fourth-order valence-corrected chi connectivity index (χ4v) is 2.19. The van der Waals surface area contributed by atoms with E-state index in [1.54, 1.807) is 12.3 Å². The number of pyridine rings is 1. The number of aromatic nitrogens is 1. The third-order valence-corrected chi connectivity index (χ3v) is 3.62. The summed E-state index contributed by atoms with van der Waals surface area (Å²) in [5, 5.41) is 3.26. The third-order valence-electron chi connectivity index (χ3n) is 2.22. The van der Waals surface area contributed by atoms with Gasteiger partial charge in [-0.3, -0.25) is 4.98 Å². The Bertz CT molecular complexity index is 584. The molecule has 2 rings (SSSR count). The van der Waals surface area contributed by atoms with Crippen LogP contribution in [-0.4, -0.2) is 9.97 Å². The van der Waals surface area contributed by atoms with E-state index < -0.39 is 0 Å². The minimum absolute atomic E-state index is 0.296.